The molecule has 4 rings (SSSR count). The minimum atomic E-state index is -4.54. The van der Waals surface area contributed by atoms with Crippen molar-refractivity contribution < 1.29 is 27.4 Å². The van der Waals surface area contributed by atoms with Crippen LogP contribution in [0.15, 0.2) is 36.4 Å². The molecular weight excluding hydrogens is 571 g/mol. The zero-order valence-electron chi connectivity index (χ0n) is 25.9. The minimum Gasteiger partial charge on any atom is -0.477 e. The summed E-state index contributed by atoms with van der Waals surface area (Å²) in [6.07, 6.45) is -1.22. The fourth-order valence-corrected chi connectivity index (χ4v) is 5.55. The molecule has 3 aromatic rings. The van der Waals surface area contributed by atoms with Gasteiger partial charge in [0.25, 0.3) is 0 Å². The van der Waals surface area contributed by atoms with Crippen molar-refractivity contribution in [2.45, 2.75) is 77.3 Å². The number of rotatable bonds is 12. The lowest BCUT2D eigenvalue weighted by Gasteiger charge is -2.31. The number of halogens is 3. The van der Waals surface area contributed by atoms with Gasteiger partial charge in [-0.1, -0.05) is 19.1 Å². The van der Waals surface area contributed by atoms with Crippen LogP contribution in [0.3, 0.4) is 0 Å². The lowest BCUT2D eigenvalue weighted by molar-refractivity contribution is -0.180. The molecular formula is C33H40F3N5O3. The summed E-state index contributed by atoms with van der Waals surface area (Å²) in [5, 5.41) is 17.7. The third kappa shape index (κ3) is 7.34. The van der Waals surface area contributed by atoms with Crippen molar-refractivity contribution in [1.82, 2.24) is 14.8 Å². The molecule has 1 aromatic carbocycles. The summed E-state index contributed by atoms with van der Waals surface area (Å²) >= 11 is 0. The van der Waals surface area contributed by atoms with E-state index >= 15 is 0 Å². The van der Waals surface area contributed by atoms with Gasteiger partial charge in [0.05, 0.1) is 41.9 Å². The highest BCUT2D eigenvalue weighted by Crippen LogP contribution is 2.43. The predicted octanol–water partition coefficient (Wildman–Crippen LogP) is 6.42. The summed E-state index contributed by atoms with van der Waals surface area (Å²) in [6, 6.07) is 12.2. The highest BCUT2D eigenvalue weighted by Gasteiger charge is 2.49. The Morgan fingerprint density at radius 2 is 1.93 bits per heavy atom. The molecule has 2 unspecified atom stereocenters. The zero-order chi connectivity index (χ0) is 32.1. The van der Waals surface area contributed by atoms with E-state index in [0.717, 1.165) is 44.7 Å². The van der Waals surface area contributed by atoms with Crippen LogP contribution in [0.2, 0.25) is 0 Å². The number of nitriles is 1. The van der Waals surface area contributed by atoms with Gasteiger partial charge in [0, 0.05) is 37.7 Å². The van der Waals surface area contributed by atoms with Gasteiger partial charge in [-0.05, 0) is 81.3 Å². The Balaban J connectivity index is 1.60. The normalized spacial score (nSPS) is 14.6. The molecule has 1 N–H and O–H groups in total. The topological polar surface area (TPSA) is 102 Å². The van der Waals surface area contributed by atoms with Gasteiger partial charge in [-0.3, -0.25) is 4.79 Å². The minimum absolute atomic E-state index is 0.0428. The molecule has 2 aromatic heterocycles. The maximum atomic E-state index is 14.0. The maximum absolute atomic E-state index is 14.0. The van der Waals surface area contributed by atoms with Crippen LogP contribution in [0.4, 0.5) is 19.0 Å². The van der Waals surface area contributed by atoms with Crippen LogP contribution in [-0.4, -0.2) is 46.7 Å². The van der Waals surface area contributed by atoms with Gasteiger partial charge in [0.2, 0.25) is 5.88 Å². The van der Waals surface area contributed by atoms with Crippen LogP contribution >= 0.6 is 0 Å². The number of aryl methyl sites for hydroxylation is 2. The van der Waals surface area contributed by atoms with E-state index in [1.54, 1.807) is 30.8 Å². The lowest BCUT2D eigenvalue weighted by Crippen LogP contribution is -2.36. The highest BCUT2D eigenvalue weighted by atomic mass is 19.4. The number of ether oxygens (including phenoxy) is 2. The second-order valence-corrected chi connectivity index (χ2v) is 11.7. The average Bonchev–Trinajstić information content (AvgIpc) is 3.34. The Morgan fingerprint density at radius 3 is 2.61 bits per heavy atom. The smallest absolute Gasteiger partial charge is 0.397 e. The van der Waals surface area contributed by atoms with Gasteiger partial charge in [-0.25, -0.2) is 9.67 Å². The number of alkyl halides is 3. The molecule has 0 saturated heterocycles. The number of anilines is 1. The fraction of sp³-hybridized carbons (Fsp3) is 0.515. The van der Waals surface area contributed by atoms with E-state index in [1.807, 2.05) is 19.1 Å². The average molecular weight is 612 g/mol. The molecule has 0 aliphatic carbocycles. The van der Waals surface area contributed by atoms with Crippen LogP contribution in [0, 0.1) is 17.2 Å². The summed E-state index contributed by atoms with van der Waals surface area (Å²) < 4.78 is 55.1. The summed E-state index contributed by atoms with van der Waals surface area (Å²) in [7, 11) is 1.75. The standard InChI is InChI=1S/C33H40F3N5O3/c1-6-27(31(42)43-7-2)28(23-15-21(20-37)16-24(17-23)32(3,4)33(34,35)36)18-26-19-29(41(5)40-26)44-14-12-25-11-10-22-9-8-13-38-30(22)39-25/h10-11,15-17,19,27-28H,6-9,12-14,18H2,1-5H3,(H,38,39). The Morgan fingerprint density at radius 1 is 1.16 bits per heavy atom. The van der Waals surface area contributed by atoms with E-state index in [-0.39, 0.29) is 24.2 Å². The predicted molar refractivity (Wildman–Crippen MR) is 161 cm³/mol. The molecule has 11 heteroatoms. The Kier molecular flexibility index (Phi) is 10.2. The number of carbonyl (C=O) groups is 1. The van der Waals surface area contributed by atoms with E-state index in [2.05, 4.69) is 16.5 Å². The summed E-state index contributed by atoms with van der Waals surface area (Å²) in [4.78, 5) is 17.8. The van der Waals surface area contributed by atoms with E-state index < -0.39 is 29.4 Å². The first-order valence-corrected chi connectivity index (χ1v) is 15.0. The molecule has 0 fully saturated rings. The fourth-order valence-electron chi connectivity index (χ4n) is 5.55. The van der Waals surface area contributed by atoms with Crippen molar-refractivity contribution in [3.05, 3.63) is 70.0 Å². The maximum Gasteiger partial charge on any atom is 0.397 e. The molecule has 236 valence electrons. The summed E-state index contributed by atoms with van der Waals surface area (Å²) in [5.41, 5.74) is 1.03. The number of hydrogen-bond donors (Lipinski definition) is 1. The molecule has 0 bridgehead atoms. The molecule has 1 aliphatic heterocycles. The Hall–Kier alpha value is -4.07. The molecule has 1 aliphatic rings. The zero-order valence-corrected chi connectivity index (χ0v) is 25.9. The van der Waals surface area contributed by atoms with Gasteiger partial charge in [0.15, 0.2) is 0 Å². The number of nitrogens with zero attached hydrogens (tertiary/aromatic N) is 4. The van der Waals surface area contributed by atoms with Gasteiger partial charge in [0.1, 0.15) is 5.82 Å². The summed E-state index contributed by atoms with van der Waals surface area (Å²) in [6.45, 7) is 7.17. The number of nitrogens with one attached hydrogen (secondary N) is 1. The van der Waals surface area contributed by atoms with Crippen molar-refractivity contribution in [3.8, 4) is 11.9 Å². The van der Waals surface area contributed by atoms with Crippen LogP contribution in [0.5, 0.6) is 5.88 Å². The van der Waals surface area contributed by atoms with E-state index in [4.69, 9.17) is 14.5 Å². The molecule has 8 nitrogen and oxygen atoms in total. The first kappa shape index (κ1) is 32.8. The lowest BCUT2D eigenvalue weighted by atomic mass is 9.76. The highest BCUT2D eigenvalue weighted by molar-refractivity contribution is 5.74. The number of pyridine rings is 1. The molecule has 2 atom stereocenters. The molecule has 0 amide bonds. The van der Waals surface area contributed by atoms with Crippen molar-refractivity contribution in [2.75, 3.05) is 25.1 Å². The number of benzene rings is 1. The van der Waals surface area contributed by atoms with Crippen LogP contribution in [-0.2, 0) is 41.3 Å². The largest absolute Gasteiger partial charge is 0.477 e. The Bertz CT molecular complexity index is 1510. The van der Waals surface area contributed by atoms with Crippen LogP contribution in [0.25, 0.3) is 0 Å². The van der Waals surface area contributed by atoms with Crippen molar-refractivity contribution in [2.24, 2.45) is 13.0 Å². The number of esters is 1. The third-order valence-electron chi connectivity index (χ3n) is 8.33. The van der Waals surface area contributed by atoms with Crippen LogP contribution in [0.1, 0.15) is 80.1 Å². The summed E-state index contributed by atoms with van der Waals surface area (Å²) in [5.74, 6) is -0.259. The molecule has 0 saturated carbocycles. The first-order valence-electron chi connectivity index (χ1n) is 15.0. The molecule has 0 spiro atoms. The second-order valence-electron chi connectivity index (χ2n) is 11.7. The van der Waals surface area contributed by atoms with Gasteiger partial charge in [-0.15, -0.1) is 0 Å². The molecule has 3 heterocycles. The molecule has 44 heavy (non-hydrogen) atoms. The first-order chi connectivity index (χ1) is 20.9. The number of hydrogen-bond acceptors (Lipinski definition) is 7. The number of carbonyl (C=O) groups excluding carboxylic acids is 1. The molecule has 0 radical (unpaired) electrons. The van der Waals surface area contributed by atoms with E-state index in [1.165, 1.54) is 17.7 Å². The van der Waals surface area contributed by atoms with E-state index in [0.29, 0.717) is 36.6 Å². The van der Waals surface area contributed by atoms with E-state index in [9.17, 15) is 23.2 Å². The van der Waals surface area contributed by atoms with Gasteiger partial charge >= 0.3 is 12.1 Å². The van der Waals surface area contributed by atoms with Crippen molar-refractivity contribution >= 4 is 11.8 Å². The van der Waals surface area contributed by atoms with Crippen molar-refractivity contribution in [3.63, 3.8) is 0 Å². The van der Waals surface area contributed by atoms with Crippen LogP contribution < -0.4 is 10.1 Å². The number of aromatic nitrogens is 3. The number of fused-ring (bicyclic) bond motifs is 1. The SMILES string of the molecule is CCOC(=O)C(CC)C(Cc1cc(OCCc2ccc3c(n2)NCCC3)n(C)n1)c1cc(C#N)cc(C(C)(C)C(F)(F)F)c1. The second kappa shape index (κ2) is 13.7. The van der Waals surface area contributed by atoms with Gasteiger partial charge < -0.3 is 14.8 Å². The monoisotopic (exact) mass is 611 g/mol. The Labute approximate surface area is 256 Å². The van der Waals surface area contributed by atoms with Crippen molar-refractivity contribution in [1.29, 1.82) is 5.26 Å². The quantitative estimate of drug-likeness (QED) is 0.236. The van der Waals surface area contributed by atoms with Gasteiger partial charge in [-0.2, -0.15) is 23.5 Å². The third-order valence-corrected chi connectivity index (χ3v) is 8.33.